The van der Waals surface area contributed by atoms with Crippen molar-refractivity contribution >= 4 is 53.4 Å². The van der Waals surface area contributed by atoms with Crippen molar-refractivity contribution in [2.24, 2.45) is 0 Å². The number of benzene rings is 9. The Kier molecular flexibility index (Phi) is 29.7. The van der Waals surface area contributed by atoms with Gasteiger partial charge in [-0.1, -0.05) is 170 Å². The number of aromatic hydroxyl groups is 1. The number of carbonyl (C=O) groups excluding carboxylic acids is 5. The van der Waals surface area contributed by atoms with Gasteiger partial charge in [-0.15, -0.1) is 0 Å². The molecule has 20 rings (SSSR count). The summed E-state index contributed by atoms with van der Waals surface area (Å²) in [5.74, 6) is 2.99. The van der Waals surface area contributed by atoms with E-state index in [1.54, 1.807) is 54.0 Å². The lowest BCUT2D eigenvalue weighted by Crippen LogP contribution is -2.74. The number of rotatable bonds is 34. The van der Waals surface area contributed by atoms with Gasteiger partial charge < -0.3 is 96.6 Å². The SMILES string of the molecule is COCCOCOc1c(OC)c(C)cc2c1[C@@H]1C3CC4(O)C(=O)C(C)=C5OCOC5=C4[C@H](COC(=O)[C@@H](CSCC4c5ccccc5-c5ccccc54)NC(=O)OCc4ccccc4)N3[C@@H](C#N)[C@H](C2)N1C.COCCOCOc1c(OC)c(C)cc2c1[C@@H]1C3Cc4c(O)c(C)c5c(c4[C@H](COC(=O)[C@@H](CSCC4c6ccccc6-c6ccccc64)NC(=O)OCc4ccccc4)N3[C@@H](C#N)[C@H](C2)N1C)OCO5. The molecule has 4 fully saturated rings. The number of esters is 2. The van der Waals surface area contributed by atoms with Crippen LogP contribution in [0.1, 0.15) is 127 Å². The number of piperidine rings is 1. The number of carbonyl (C=O) groups is 5. The molecule has 9 aromatic carbocycles. The first-order chi connectivity index (χ1) is 69.6. The van der Waals surface area contributed by atoms with E-state index in [1.807, 2.05) is 148 Å². The summed E-state index contributed by atoms with van der Waals surface area (Å²) in [6.45, 7) is 7.56. The van der Waals surface area contributed by atoms with E-state index in [0.717, 1.165) is 44.5 Å². The highest BCUT2D eigenvalue weighted by atomic mass is 32.2. The number of ketones is 1. The summed E-state index contributed by atoms with van der Waals surface area (Å²) < 4.78 is 95.1. The number of Topliss-reactive ketones (excluding diaryl/α,β-unsaturated/α-hetero) is 1. The number of aliphatic hydroxyl groups is 1. The Bertz CT molecular complexity index is 6400. The number of methoxy groups -OCH3 is 4. The van der Waals surface area contributed by atoms with Crippen molar-refractivity contribution < 1.29 is 110 Å². The van der Waals surface area contributed by atoms with Crippen LogP contribution in [0.25, 0.3) is 22.3 Å². The molecule has 4 N–H and O–H groups in total. The van der Waals surface area contributed by atoms with E-state index in [-0.39, 0.29) is 117 Å². The van der Waals surface area contributed by atoms with Crippen molar-refractivity contribution in [3.63, 3.8) is 0 Å². The lowest BCUT2D eigenvalue weighted by atomic mass is 9.65. The number of nitrogens with one attached hydrogen (secondary N) is 2. The van der Waals surface area contributed by atoms with Gasteiger partial charge in [0.1, 0.15) is 56.3 Å². The van der Waals surface area contributed by atoms with E-state index in [0.29, 0.717) is 108 Å². The lowest BCUT2D eigenvalue weighted by molar-refractivity contribution is -0.159. The van der Waals surface area contributed by atoms with E-state index in [9.17, 15) is 44.7 Å². The van der Waals surface area contributed by atoms with Crippen LogP contribution in [0.3, 0.4) is 0 Å². The summed E-state index contributed by atoms with van der Waals surface area (Å²) in [6.07, 6.45) is -0.463. The highest BCUT2D eigenvalue weighted by molar-refractivity contribution is 7.99. The number of phenolic OH excluding ortho intramolecular Hbond substituents is 1. The second-order valence-corrected chi connectivity index (χ2v) is 39.6. The smallest absolute Gasteiger partial charge is 0.408 e. The molecule has 4 saturated heterocycles. The third-order valence-electron chi connectivity index (χ3n) is 29.7. The first-order valence-electron chi connectivity index (χ1n) is 48.1. The number of piperazine rings is 2. The molecule has 0 aromatic heterocycles. The molecule has 143 heavy (non-hydrogen) atoms. The summed E-state index contributed by atoms with van der Waals surface area (Å²) >= 11 is 3.05. The first kappa shape index (κ1) is 98.9. The lowest BCUT2D eigenvalue weighted by Gasteiger charge is -2.62. The Morgan fingerprint density at radius 1 is 0.510 bits per heavy atom. The molecule has 9 aromatic rings. The van der Waals surface area contributed by atoms with Crippen LogP contribution in [0.15, 0.2) is 193 Å². The van der Waals surface area contributed by atoms with Crippen LogP contribution < -0.4 is 39.1 Å². The first-order valence-corrected chi connectivity index (χ1v) is 50.4. The van der Waals surface area contributed by atoms with Crippen molar-refractivity contribution in [1.29, 1.82) is 10.5 Å². The minimum Gasteiger partial charge on any atom is -0.507 e. The zero-order valence-electron chi connectivity index (χ0n) is 81.4. The number of likely N-dealkylation sites (N-methyl/N-ethyl adjacent to an activating group) is 2. The molecule has 3 unspecified atom stereocenters. The van der Waals surface area contributed by atoms with Gasteiger partial charge in [0.25, 0.3) is 0 Å². The molecule has 8 heterocycles. The number of phenols is 1. The average molecular weight is 1980 g/mol. The molecular weight excluding hydrogens is 1870 g/mol. The second-order valence-electron chi connectivity index (χ2n) is 37.5. The van der Waals surface area contributed by atoms with Crippen LogP contribution >= 0.6 is 23.5 Å². The Labute approximate surface area is 838 Å². The maximum absolute atomic E-state index is 14.8. The molecule has 11 aliphatic rings. The fraction of sp³-hybridized carbons (Fsp3) is 0.409. The fourth-order valence-corrected chi connectivity index (χ4v) is 25.7. The van der Waals surface area contributed by atoms with Crippen molar-refractivity contribution in [3.05, 3.63) is 276 Å². The van der Waals surface area contributed by atoms with Crippen LogP contribution in [0.4, 0.5) is 9.59 Å². The number of aryl methyl sites for hydroxylation is 2. The summed E-state index contributed by atoms with van der Waals surface area (Å²) in [6, 6.07) is 52.7. The standard InChI is InChI=1S/C55H58N4O12S.C55H58N4O11S/c1-31-21-34-22-41-43(24-56)59-42(47(58(41)3)45(34)50(48(31)65-5)69-29-66-20-19-64-4)23-55(63)46(51-49(70-30-71-51)32(2)52(55)60)44(59)26-67-53(61)40(57-54(62)68-25-33-13-7-6-8-14-33)28-72-27-39-37-17-11-9-15-35(37)36-16-10-12-18-38(36)39;1-31-21-34-22-42-44(24-56)59-43(48(58(42)3)46(34)52(50(31)64-5)68-29-65-20-19-63-4)23-39-47(53-51(69-30-70-53)32(2)49(39)60)45(59)26-66-54(61)41(57-55(62)67-25-33-13-7-6-8-14-33)28-71-27-40-37-17-11-9-15-35(37)36-16-10-12-18-38(36)40/h6-18,21,39-44,47,63H,19-20,22-23,25-30H2,1-5H3,(H,57,62);6-18,21,40-45,48,60H,19-20,22-23,25-30H2,1-5H3,(H,57,62)/t40-,41+,42?,43+,44+,47+,55?;41-,42+,43?,44+,45+,48+/m11/s1. The van der Waals surface area contributed by atoms with Gasteiger partial charge in [0.2, 0.25) is 13.6 Å². The van der Waals surface area contributed by atoms with Crippen molar-refractivity contribution in [2.45, 2.75) is 157 Å². The number of alkyl carbamates (subject to hydrolysis) is 2. The largest absolute Gasteiger partial charge is 0.507 e. The van der Waals surface area contributed by atoms with Crippen molar-refractivity contribution in [2.75, 3.05) is 132 Å². The molecule has 13 atom stereocenters. The predicted molar refractivity (Wildman–Crippen MR) is 530 cm³/mol. The van der Waals surface area contributed by atoms with E-state index < -0.39 is 103 Å². The summed E-state index contributed by atoms with van der Waals surface area (Å²) in [5, 5.41) is 53.4. The summed E-state index contributed by atoms with van der Waals surface area (Å²) in [7, 11) is 10.3. The predicted octanol–water partition coefficient (Wildman–Crippen LogP) is 14.4. The molecule has 8 aliphatic heterocycles. The molecule has 4 bridgehead atoms. The average Bonchev–Trinajstić information content (AvgIpc) is 1.55. The molecule has 33 heteroatoms. The number of hydrogen-bond acceptors (Lipinski definition) is 31. The van der Waals surface area contributed by atoms with Crippen LogP contribution in [0.2, 0.25) is 0 Å². The molecule has 2 amide bonds. The number of amides is 2. The van der Waals surface area contributed by atoms with Gasteiger partial charge >= 0.3 is 24.1 Å². The molecule has 3 aliphatic carbocycles. The number of nitrogens with zero attached hydrogens (tertiary/aromatic N) is 6. The van der Waals surface area contributed by atoms with Crippen LogP contribution in [0, 0.1) is 43.4 Å². The third kappa shape index (κ3) is 18.7. The molecule has 0 spiro atoms. The van der Waals surface area contributed by atoms with Crippen molar-refractivity contribution in [1.82, 2.24) is 30.2 Å². The summed E-state index contributed by atoms with van der Waals surface area (Å²) in [4.78, 5) is 79.9. The van der Waals surface area contributed by atoms with Crippen LogP contribution in [-0.2, 0) is 94.2 Å². The molecular formula is C110H116N8O23S2. The number of hydrogen-bond donors (Lipinski definition) is 4. The fourth-order valence-electron chi connectivity index (χ4n) is 23.3. The van der Waals surface area contributed by atoms with Gasteiger partial charge in [0.05, 0.1) is 77.0 Å². The Morgan fingerprint density at radius 3 is 1.40 bits per heavy atom. The van der Waals surface area contributed by atoms with Crippen molar-refractivity contribution in [3.8, 4) is 74.6 Å². The highest BCUT2D eigenvalue weighted by Gasteiger charge is 2.66. The number of ether oxygens (including phenoxy) is 16. The quantitative estimate of drug-likeness (QED) is 0.0126. The maximum atomic E-state index is 14.8. The normalized spacial score (nSPS) is 22.6. The maximum Gasteiger partial charge on any atom is 0.408 e. The topological polar surface area (TPSA) is 358 Å². The van der Waals surface area contributed by atoms with E-state index in [1.165, 1.54) is 56.3 Å². The molecule has 746 valence electrons. The van der Waals surface area contributed by atoms with E-state index >= 15 is 0 Å². The minimum absolute atomic E-state index is 0.0109. The van der Waals surface area contributed by atoms with Crippen LogP contribution in [0.5, 0.6) is 40.2 Å². The third-order valence-corrected chi connectivity index (χ3v) is 32.0. The van der Waals surface area contributed by atoms with Gasteiger partial charge in [0.15, 0.2) is 71.0 Å². The number of thioether (sulfide) groups is 2. The Hall–Kier alpha value is -12.9. The number of nitriles is 2. The Morgan fingerprint density at radius 2 is 0.937 bits per heavy atom. The van der Waals surface area contributed by atoms with Gasteiger partial charge in [0, 0.05) is 119 Å². The zero-order chi connectivity index (χ0) is 99.6. The van der Waals surface area contributed by atoms with Gasteiger partial charge in [-0.05, 0) is 139 Å². The van der Waals surface area contributed by atoms with E-state index in [2.05, 4.69) is 92.1 Å². The second kappa shape index (κ2) is 43.0. The molecule has 31 nitrogen and oxygen atoms in total. The minimum atomic E-state index is -2.16. The highest BCUT2D eigenvalue weighted by Crippen LogP contribution is 2.62. The number of fused-ring (bicyclic) bond motifs is 23. The monoisotopic (exact) mass is 1980 g/mol. The van der Waals surface area contributed by atoms with E-state index in [4.69, 9.17) is 75.8 Å². The summed E-state index contributed by atoms with van der Waals surface area (Å²) in [5.41, 5.74) is 16.3. The van der Waals surface area contributed by atoms with Gasteiger partial charge in [-0.3, -0.25) is 24.4 Å². The molecule has 0 radical (unpaired) electrons. The molecule has 0 saturated carbocycles. The van der Waals surface area contributed by atoms with Gasteiger partial charge in [-0.2, -0.15) is 34.0 Å². The van der Waals surface area contributed by atoms with Gasteiger partial charge in [-0.25, -0.2) is 19.2 Å². The van der Waals surface area contributed by atoms with Crippen LogP contribution in [-0.4, -0.2) is 252 Å². The zero-order valence-corrected chi connectivity index (χ0v) is 83.0. The Balaban J connectivity index is 0.000000181.